The smallest absolute Gasteiger partial charge is 0.255 e. The molecule has 3 aromatic heterocycles. The van der Waals surface area contributed by atoms with Crippen LogP contribution in [0.25, 0.3) is 27.7 Å². The molecule has 0 spiro atoms. The third-order valence-electron chi connectivity index (χ3n) is 7.84. The first-order valence-electron chi connectivity index (χ1n) is 13.9. The number of nitrogens with two attached hydrogens (primary N) is 1. The van der Waals surface area contributed by atoms with Crippen molar-refractivity contribution in [3.63, 3.8) is 0 Å². The van der Waals surface area contributed by atoms with Crippen LogP contribution in [0.4, 0.5) is 17.1 Å². The maximum atomic E-state index is 12.7. The lowest BCUT2D eigenvalue weighted by atomic mass is 9.97. The monoisotopic (exact) mass is 542 g/mol. The number of fused-ring (bicyclic) bond motifs is 2. The number of nitrogens with zero attached hydrogens (tertiary/aromatic N) is 4. The summed E-state index contributed by atoms with van der Waals surface area (Å²) in [4.78, 5) is 24.0. The number of hydrogen-bond donors (Lipinski definition) is 4. The number of piperidine rings is 1. The highest BCUT2D eigenvalue weighted by Gasteiger charge is 2.25. The molecule has 1 amide bonds. The molecule has 0 unspecified atom stereocenters. The standard InChI is InChI=1S/C32H30N8O/c33-26-15-24-28(18-35-19-29(24)40-11-5-2-6-12-40)37-31(26)30-25-14-21(9-10-27(25)38-39-30)22-13-23(17-34-16-22)36-32(41)20-7-3-1-4-8-20/h1,3-4,7-10,13-14,16-19,37H,2,5-6,11-12,15,33H2,(H,36,41)(H,38,39). The molecule has 0 saturated carbocycles. The van der Waals surface area contributed by atoms with Gasteiger partial charge in [-0.3, -0.25) is 19.9 Å². The van der Waals surface area contributed by atoms with E-state index >= 15 is 0 Å². The van der Waals surface area contributed by atoms with Gasteiger partial charge in [-0.05, 0) is 55.2 Å². The molecule has 0 radical (unpaired) electrons. The molecule has 1 fully saturated rings. The van der Waals surface area contributed by atoms with Crippen LogP contribution in [0.15, 0.2) is 85.1 Å². The van der Waals surface area contributed by atoms with Gasteiger partial charge in [-0.2, -0.15) is 5.10 Å². The molecule has 0 aliphatic carbocycles. The number of anilines is 3. The fourth-order valence-corrected chi connectivity index (χ4v) is 5.73. The third kappa shape index (κ3) is 4.75. The van der Waals surface area contributed by atoms with Crippen LogP contribution in [0.1, 0.15) is 40.9 Å². The Morgan fingerprint density at radius 1 is 0.902 bits per heavy atom. The van der Waals surface area contributed by atoms with Crippen molar-refractivity contribution in [3.8, 4) is 11.1 Å². The van der Waals surface area contributed by atoms with Crippen LogP contribution in [0, 0.1) is 0 Å². The van der Waals surface area contributed by atoms with Gasteiger partial charge in [0.2, 0.25) is 0 Å². The lowest BCUT2D eigenvalue weighted by Crippen LogP contribution is -2.31. The summed E-state index contributed by atoms with van der Waals surface area (Å²) in [7, 11) is 0. The van der Waals surface area contributed by atoms with E-state index in [-0.39, 0.29) is 5.91 Å². The van der Waals surface area contributed by atoms with Gasteiger partial charge in [0.15, 0.2) is 0 Å². The quantitative estimate of drug-likeness (QED) is 0.229. The van der Waals surface area contributed by atoms with E-state index in [0.29, 0.717) is 17.7 Å². The first-order chi connectivity index (χ1) is 20.1. The number of rotatable bonds is 5. The van der Waals surface area contributed by atoms with Gasteiger partial charge in [0.1, 0.15) is 5.69 Å². The lowest BCUT2D eigenvalue weighted by molar-refractivity contribution is 0.102. The number of pyridine rings is 2. The molecule has 9 heteroatoms. The Labute approximate surface area is 237 Å². The van der Waals surface area contributed by atoms with Crippen LogP contribution >= 0.6 is 0 Å². The number of aromatic nitrogens is 4. The second-order valence-corrected chi connectivity index (χ2v) is 10.5. The molecule has 7 rings (SSSR count). The lowest BCUT2D eigenvalue weighted by Gasteiger charge is -2.32. The van der Waals surface area contributed by atoms with E-state index in [9.17, 15) is 4.79 Å². The highest BCUT2D eigenvalue weighted by atomic mass is 16.1. The second-order valence-electron chi connectivity index (χ2n) is 10.5. The van der Waals surface area contributed by atoms with Crippen LogP contribution in [-0.4, -0.2) is 39.2 Å². The third-order valence-corrected chi connectivity index (χ3v) is 7.84. The average molecular weight is 543 g/mol. The van der Waals surface area contributed by atoms with Crippen molar-refractivity contribution in [1.29, 1.82) is 0 Å². The minimum Gasteiger partial charge on any atom is -0.400 e. The van der Waals surface area contributed by atoms with Gasteiger partial charge in [-0.25, -0.2) is 0 Å². The van der Waals surface area contributed by atoms with Crippen molar-refractivity contribution < 1.29 is 4.79 Å². The van der Waals surface area contributed by atoms with Crippen molar-refractivity contribution in [1.82, 2.24) is 20.2 Å². The summed E-state index contributed by atoms with van der Waals surface area (Å²) < 4.78 is 0. The fraction of sp³-hybridized carbons (Fsp3) is 0.188. The number of H-pyrrole nitrogens is 1. The van der Waals surface area contributed by atoms with Gasteiger partial charge < -0.3 is 21.3 Å². The molecule has 5 aromatic rings. The zero-order valence-corrected chi connectivity index (χ0v) is 22.5. The molecule has 0 bridgehead atoms. The van der Waals surface area contributed by atoms with E-state index in [4.69, 9.17) is 5.73 Å². The van der Waals surface area contributed by atoms with Crippen LogP contribution < -0.4 is 21.3 Å². The Balaban J connectivity index is 1.19. The average Bonchev–Trinajstić information content (AvgIpc) is 3.44. The van der Waals surface area contributed by atoms with Gasteiger partial charge in [-0.1, -0.05) is 24.3 Å². The molecule has 5 N–H and O–H groups in total. The molecule has 1 saturated heterocycles. The Morgan fingerprint density at radius 2 is 1.73 bits per heavy atom. The summed E-state index contributed by atoms with van der Waals surface area (Å²) in [5.74, 6) is -0.180. The predicted octanol–water partition coefficient (Wildman–Crippen LogP) is 5.56. The van der Waals surface area contributed by atoms with Gasteiger partial charge in [0.05, 0.1) is 46.9 Å². The second kappa shape index (κ2) is 10.4. The van der Waals surface area contributed by atoms with E-state index in [2.05, 4.69) is 41.8 Å². The maximum absolute atomic E-state index is 12.7. The van der Waals surface area contributed by atoms with E-state index in [1.165, 1.54) is 24.8 Å². The first-order valence-corrected chi connectivity index (χ1v) is 13.9. The number of allylic oxidation sites excluding steroid dienone is 1. The van der Waals surface area contributed by atoms with E-state index in [1.54, 1.807) is 24.5 Å². The number of hydrogen-bond acceptors (Lipinski definition) is 7. The summed E-state index contributed by atoms with van der Waals surface area (Å²) in [6, 6.07) is 17.1. The van der Waals surface area contributed by atoms with Gasteiger partial charge in [0, 0.05) is 53.5 Å². The van der Waals surface area contributed by atoms with Crippen molar-refractivity contribution in [2.45, 2.75) is 25.7 Å². The van der Waals surface area contributed by atoms with Gasteiger partial charge >= 0.3 is 0 Å². The number of amides is 1. The molecule has 2 aliphatic rings. The minimum absolute atomic E-state index is 0.180. The summed E-state index contributed by atoms with van der Waals surface area (Å²) in [6.45, 7) is 2.10. The predicted molar refractivity (Wildman–Crippen MR) is 162 cm³/mol. The summed E-state index contributed by atoms with van der Waals surface area (Å²) in [5.41, 5.74) is 16.3. The molecular formula is C32H30N8O. The molecule has 2 aromatic carbocycles. The van der Waals surface area contributed by atoms with Gasteiger partial charge in [-0.15, -0.1) is 0 Å². The summed E-state index contributed by atoms with van der Waals surface area (Å²) >= 11 is 0. The van der Waals surface area contributed by atoms with E-state index in [0.717, 1.165) is 63.6 Å². The Bertz CT molecular complexity index is 1790. The van der Waals surface area contributed by atoms with Crippen molar-refractivity contribution in [2.24, 2.45) is 5.73 Å². The number of carbonyl (C=O) groups is 1. The number of carbonyl (C=O) groups excluding carboxylic acids is 1. The largest absolute Gasteiger partial charge is 0.400 e. The zero-order valence-electron chi connectivity index (χ0n) is 22.5. The SMILES string of the molecule is NC1=C(c2n[nH]c3ccc(-c4cncc(NC(=O)c5ccccc5)c4)cc23)Nc2cncc(N3CCCCC3)c2C1. The Morgan fingerprint density at radius 3 is 2.59 bits per heavy atom. The van der Waals surface area contributed by atoms with Crippen LogP contribution in [0.2, 0.25) is 0 Å². The van der Waals surface area contributed by atoms with Gasteiger partial charge in [0.25, 0.3) is 5.91 Å². The zero-order chi connectivity index (χ0) is 27.8. The maximum Gasteiger partial charge on any atom is 0.255 e. The number of benzene rings is 2. The van der Waals surface area contributed by atoms with E-state index < -0.39 is 0 Å². The topological polar surface area (TPSA) is 125 Å². The molecular weight excluding hydrogens is 512 g/mol. The van der Waals surface area contributed by atoms with Crippen molar-refractivity contribution >= 4 is 39.6 Å². The highest BCUT2D eigenvalue weighted by molar-refractivity contribution is 6.04. The minimum atomic E-state index is -0.180. The van der Waals surface area contributed by atoms with E-state index in [1.807, 2.05) is 48.8 Å². The molecule has 5 heterocycles. The summed E-state index contributed by atoms with van der Waals surface area (Å²) in [5, 5.41) is 15.2. The normalized spacial score (nSPS) is 15.0. The highest BCUT2D eigenvalue weighted by Crippen LogP contribution is 2.38. The molecule has 2 aliphatic heterocycles. The molecule has 41 heavy (non-hydrogen) atoms. The Hall–Kier alpha value is -5.18. The van der Waals surface area contributed by atoms with Crippen LogP contribution in [-0.2, 0) is 6.42 Å². The summed E-state index contributed by atoms with van der Waals surface area (Å²) in [6.07, 6.45) is 11.6. The Kier molecular flexibility index (Phi) is 6.31. The van der Waals surface area contributed by atoms with Crippen molar-refractivity contribution in [3.05, 3.63) is 102 Å². The molecule has 9 nitrogen and oxygen atoms in total. The van der Waals surface area contributed by atoms with Crippen LogP contribution in [0.5, 0.6) is 0 Å². The molecule has 0 atom stereocenters. The fourth-order valence-electron chi connectivity index (χ4n) is 5.73. The number of nitrogens with one attached hydrogen (secondary N) is 3. The number of aromatic amines is 1. The first kappa shape index (κ1) is 24.8. The van der Waals surface area contributed by atoms with Crippen LogP contribution in [0.3, 0.4) is 0 Å². The molecule has 204 valence electrons. The van der Waals surface area contributed by atoms with Crippen molar-refractivity contribution in [2.75, 3.05) is 28.6 Å².